The van der Waals surface area contributed by atoms with Gasteiger partial charge in [-0.1, -0.05) is 12.1 Å². The quantitative estimate of drug-likeness (QED) is 0.352. The van der Waals surface area contributed by atoms with Gasteiger partial charge in [0.15, 0.2) is 0 Å². The van der Waals surface area contributed by atoms with Gasteiger partial charge in [0.25, 0.3) is 5.56 Å². The number of benzene rings is 2. The first-order valence-corrected chi connectivity index (χ1v) is 11.9. The van der Waals surface area contributed by atoms with Gasteiger partial charge >= 0.3 is 6.18 Å². The Hall–Kier alpha value is -4.24. The van der Waals surface area contributed by atoms with Crippen LogP contribution in [0.5, 0.6) is 0 Å². The summed E-state index contributed by atoms with van der Waals surface area (Å²) >= 11 is 0. The first-order chi connectivity index (χ1) is 17.9. The fraction of sp³-hybridized carbons (Fsp3) is 0.179. The molecule has 0 amide bonds. The molecular weight excluding hydrogens is 479 g/mol. The Morgan fingerprint density at radius 1 is 0.838 bits per heavy atom. The smallest absolute Gasteiger partial charge is 0.354 e. The number of piperazine rings is 1. The van der Waals surface area contributed by atoms with E-state index in [0.717, 1.165) is 55.3 Å². The second-order valence-electron chi connectivity index (χ2n) is 8.99. The van der Waals surface area contributed by atoms with Gasteiger partial charge in [-0.2, -0.15) is 13.2 Å². The summed E-state index contributed by atoms with van der Waals surface area (Å²) in [6.45, 7) is 3.63. The van der Waals surface area contributed by atoms with Crippen LogP contribution in [0, 0.1) is 0 Å². The molecule has 6 rings (SSSR count). The molecule has 1 N–H and O–H groups in total. The van der Waals surface area contributed by atoms with E-state index in [4.69, 9.17) is 0 Å². The minimum atomic E-state index is -4.52. The lowest BCUT2D eigenvalue weighted by Crippen LogP contribution is -2.43. The highest BCUT2D eigenvalue weighted by molar-refractivity contribution is 6.05. The molecule has 2 aromatic carbocycles. The van der Waals surface area contributed by atoms with Crippen molar-refractivity contribution in [1.82, 2.24) is 19.9 Å². The van der Waals surface area contributed by atoms with Crippen molar-refractivity contribution in [2.24, 2.45) is 0 Å². The molecule has 1 fully saturated rings. The average Bonchev–Trinajstić information content (AvgIpc) is 2.93. The number of hydrogen-bond donors (Lipinski definition) is 1. The molecule has 4 heterocycles. The van der Waals surface area contributed by atoms with Crippen molar-refractivity contribution in [3.05, 3.63) is 95.0 Å². The third-order valence-electron chi connectivity index (χ3n) is 6.67. The normalized spacial score (nSPS) is 14.4. The number of hydrogen-bond acceptors (Lipinski definition) is 5. The Balaban J connectivity index is 1.51. The maximum absolute atomic E-state index is 13.4. The second-order valence-corrected chi connectivity index (χ2v) is 8.99. The van der Waals surface area contributed by atoms with Gasteiger partial charge in [-0.3, -0.25) is 14.3 Å². The number of anilines is 1. The number of aromatic nitrogens is 3. The summed E-state index contributed by atoms with van der Waals surface area (Å²) in [7, 11) is 0. The third kappa shape index (κ3) is 4.31. The lowest BCUT2D eigenvalue weighted by Gasteiger charge is -2.28. The zero-order valence-corrected chi connectivity index (χ0v) is 19.7. The molecule has 37 heavy (non-hydrogen) atoms. The molecule has 1 saturated heterocycles. The van der Waals surface area contributed by atoms with E-state index in [0.29, 0.717) is 21.8 Å². The van der Waals surface area contributed by atoms with Gasteiger partial charge in [-0.05, 0) is 54.1 Å². The topological polar surface area (TPSA) is 63.1 Å². The van der Waals surface area contributed by atoms with E-state index in [-0.39, 0.29) is 5.69 Å². The van der Waals surface area contributed by atoms with Crippen molar-refractivity contribution in [1.29, 1.82) is 0 Å². The van der Waals surface area contributed by atoms with Gasteiger partial charge in [0, 0.05) is 66.7 Å². The van der Waals surface area contributed by atoms with Crippen LogP contribution in [0.25, 0.3) is 38.6 Å². The van der Waals surface area contributed by atoms with E-state index < -0.39 is 17.3 Å². The van der Waals surface area contributed by atoms with Crippen molar-refractivity contribution in [2.75, 3.05) is 31.1 Å². The minimum absolute atomic E-state index is 0.144. The molecule has 0 spiro atoms. The molecule has 1 aliphatic rings. The van der Waals surface area contributed by atoms with E-state index in [1.165, 1.54) is 22.8 Å². The Morgan fingerprint density at radius 3 is 2.41 bits per heavy atom. The molecule has 186 valence electrons. The van der Waals surface area contributed by atoms with Gasteiger partial charge in [-0.25, -0.2) is 4.98 Å². The van der Waals surface area contributed by atoms with Crippen molar-refractivity contribution < 1.29 is 13.2 Å². The van der Waals surface area contributed by atoms with Crippen LogP contribution in [-0.2, 0) is 6.18 Å². The maximum Gasteiger partial charge on any atom is 0.416 e. The van der Waals surface area contributed by atoms with Crippen LogP contribution in [-0.4, -0.2) is 40.7 Å². The van der Waals surface area contributed by atoms with E-state index in [1.807, 2.05) is 36.5 Å². The van der Waals surface area contributed by atoms with Gasteiger partial charge in [0.05, 0.1) is 16.6 Å². The van der Waals surface area contributed by atoms with Crippen molar-refractivity contribution >= 4 is 27.6 Å². The summed E-state index contributed by atoms with van der Waals surface area (Å²) in [6, 6.07) is 17.5. The van der Waals surface area contributed by atoms with Crippen molar-refractivity contribution in [3.8, 4) is 16.8 Å². The second kappa shape index (κ2) is 9.01. The number of fused-ring (bicyclic) bond motifs is 3. The minimum Gasteiger partial charge on any atom is -0.354 e. The third-order valence-corrected chi connectivity index (χ3v) is 6.67. The molecule has 6 nitrogen and oxygen atoms in total. The Labute approximate surface area is 210 Å². The summed E-state index contributed by atoms with van der Waals surface area (Å²) in [5.41, 5.74) is 1.80. The molecule has 3 aromatic heterocycles. The lowest BCUT2D eigenvalue weighted by atomic mass is 10.0. The first kappa shape index (κ1) is 23.2. The van der Waals surface area contributed by atoms with Crippen molar-refractivity contribution in [3.63, 3.8) is 0 Å². The van der Waals surface area contributed by atoms with Gasteiger partial charge in [0.2, 0.25) is 0 Å². The molecule has 9 heteroatoms. The molecular formula is C28H22F3N5O. The van der Waals surface area contributed by atoms with Crippen LogP contribution in [0.4, 0.5) is 19.0 Å². The molecule has 5 aromatic rings. The van der Waals surface area contributed by atoms with Gasteiger partial charge in [-0.15, -0.1) is 0 Å². The molecule has 0 unspecified atom stereocenters. The number of nitrogens with one attached hydrogen (secondary N) is 1. The Morgan fingerprint density at radius 2 is 1.65 bits per heavy atom. The fourth-order valence-corrected chi connectivity index (χ4v) is 4.81. The monoisotopic (exact) mass is 501 g/mol. The highest BCUT2D eigenvalue weighted by Crippen LogP contribution is 2.33. The Bertz CT molecular complexity index is 1670. The Kier molecular flexibility index (Phi) is 5.64. The van der Waals surface area contributed by atoms with Gasteiger partial charge < -0.3 is 10.2 Å². The molecule has 0 radical (unpaired) electrons. The van der Waals surface area contributed by atoms with Crippen LogP contribution < -0.4 is 15.8 Å². The largest absolute Gasteiger partial charge is 0.416 e. The predicted octanol–water partition coefficient (Wildman–Crippen LogP) is 5.03. The fourth-order valence-electron chi connectivity index (χ4n) is 4.81. The number of nitrogens with zero attached hydrogens (tertiary/aromatic N) is 4. The zero-order valence-electron chi connectivity index (χ0n) is 19.7. The van der Waals surface area contributed by atoms with Gasteiger partial charge in [0.1, 0.15) is 5.82 Å². The number of pyridine rings is 3. The summed E-state index contributed by atoms with van der Waals surface area (Å²) in [5, 5.41) is 4.64. The highest BCUT2D eigenvalue weighted by atomic mass is 19.4. The predicted molar refractivity (Wildman–Crippen MR) is 138 cm³/mol. The van der Waals surface area contributed by atoms with E-state index in [1.54, 1.807) is 12.3 Å². The summed E-state index contributed by atoms with van der Waals surface area (Å²) in [4.78, 5) is 24.4. The number of rotatable bonds is 3. The van der Waals surface area contributed by atoms with Crippen LogP contribution in [0.1, 0.15) is 5.56 Å². The number of alkyl halides is 3. The SMILES string of the molecule is O=c1ccc2cnc3ccc(-c4ccc(N5CCNCC5)nc4)cc3c2n1-c1cccc(C(F)(F)F)c1. The van der Waals surface area contributed by atoms with Crippen LogP contribution in [0.3, 0.4) is 0 Å². The molecule has 1 aliphatic heterocycles. The molecule has 0 saturated carbocycles. The van der Waals surface area contributed by atoms with Crippen LogP contribution >= 0.6 is 0 Å². The molecule has 0 atom stereocenters. The zero-order chi connectivity index (χ0) is 25.6. The number of halogens is 3. The van der Waals surface area contributed by atoms with Crippen LogP contribution in [0.15, 0.2) is 83.9 Å². The van der Waals surface area contributed by atoms with Crippen molar-refractivity contribution in [2.45, 2.75) is 6.18 Å². The summed E-state index contributed by atoms with van der Waals surface area (Å²) in [6.07, 6.45) is -1.08. The van der Waals surface area contributed by atoms with E-state index >= 15 is 0 Å². The average molecular weight is 502 g/mol. The van der Waals surface area contributed by atoms with E-state index in [9.17, 15) is 18.0 Å². The lowest BCUT2D eigenvalue weighted by molar-refractivity contribution is -0.137. The highest BCUT2D eigenvalue weighted by Gasteiger charge is 2.30. The summed E-state index contributed by atoms with van der Waals surface area (Å²) in [5.74, 6) is 0.913. The summed E-state index contributed by atoms with van der Waals surface area (Å²) < 4.78 is 41.6. The van der Waals surface area contributed by atoms with Crippen LogP contribution in [0.2, 0.25) is 0 Å². The maximum atomic E-state index is 13.4. The first-order valence-electron chi connectivity index (χ1n) is 11.9. The van der Waals surface area contributed by atoms with E-state index in [2.05, 4.69) is 20.2 Å². The molecule has 0 bridgehead atoms. The standard InChI is InChI=1S/C28H22F3N5O/c29-28(30,31)21-2-1-3-22(15-21)36-26(37)9-6-20-17-33-24-7-4-18(14-23(24)27(20)36)19-5-8-25(34-16-19)35-12-10-32-11-13-35/h1-9,14-17,32H,10-13H2. The molecule has 0 aliphatic carbocycles.